The Morgan fingerprint density at radius 2 is 1.66 bits per heavy atom. The highest BCUT2D eigenvalue weighted by Crippen LogP contribution is 2.58. The highest BCUT2D eigenvalue weighted by molar-refractivity contribution is 5.96. The van der Waals surface area contributed by atoms with Crippen LogP contribution in [-0.2, 0) is 32.7 Å². The number of aromatic nitrogens is 3. The van der Waals surface area contributed by atoms with Crippen molar-refractivity contribution in [2.75, 3.05) is 26.2 Å². The number of amides is 4. The number of likely N-dealkylation sites (tertiary alicyclic amines) is 3. The van der Waals surface area contributed by atoms with Crippen molar-refractivity contribution in [3.05, 3.63) is 23.8 Å². The molecule has 7 rings (SSSR count). The number of ether oxygens (including phenoxy) is 1. The number of hydrogen-bond donors (Lipinski definition) is 1. The topological polar surface area (TPSA) is 130 Å². The molecule has 12 nitrogen and oxygen atoms in total. The van der Waals surface area contributed by atoms with Gasteiger partial charge in [0.25, 0.3) is 0 Å². The standard InChI is InChI=1S/C38H55N7O5/c1-37(2,3)50-36(49)44-19-7-8-28(34(47)43-17-5-6-18-43)32(44)35(48)45-24-27(20-25-11-13-38(14-12-25)15-16-38)22-31(45)33(46)39-23-26-9-10-30-29(21-26)40-41-42(30)4/h9-10,21,25,27-28,31-32H,5-8,11-20,22-24H2,1-4H3,(H,39,46)/t27-,28+,31+,32-/m1/s1. The Morgan fingerprint density at radius 1 is 0.920 bits per heavy atom. The van der Waals surface area contributed by atoms with Gasteiger partial charge in [-0.1, -0.05) is 11.3 Å². The SMILES string of the molecule is Cn1nnc2cc(CNC(=O)[C@@H]3C[C@@H](CC4CCC5(CC4)CC5)CN3C(=O)[C@H]3[C@@H](C(=O)N4CCCC4)CCCN3C(=O)OC(C)(C)C)ccc21. The summed E-state index contributed by atoms with van der Waals surface area (Å²) in [6.07, 6.45) is 11.7. The van der Waals surface area contributed by atoms with Crippen molar-refractivity contribution in [1.82, 2.24) is 35.0 Å². The molecule has 2 saturated carbocycles. The first-order valence-corrected chi connectivity index (χ1v) is 19.0. The van der Waals surface area contributed by atoms with Gasteiger partial charge in [0.05, 0.1) is 11.4 Å². The zero-order valence-corrected chi connectivity index (χ0v) is 30.4. The molecule has 1 aromatic carbocycles. The van der Waals surface area contributed by atoms with Crippen LogP contribution in [-0.4, -0.2) is 97.4 Å². The van der Waals surface area contributed by atoms with Crippen LogP contribution < -0.4 is 5.32 Å². The lowest BCUT2D eigenvalue weighted by Gasteiger charge is -2.43. The van der Waals surface area contributed by atoms with E-state index >= 15 is 0 Å². The minimum absolute atomic E-state index is 0.0681. The molecule has 1 N–H and O–H groups in total. The molecule has 5 aliphatic rings. The van der Waals surface area contributed by atoms with Crippen molar-refractivity contribution in [2.24, 2.45) is 30.2 Å². The van der Waals surface area contributed by atoms with Gasteiger partial charge in [-0.2, -0.15) is 0 Å². The maximum Gasteiger partial charge on any atom is 0.410 e. The molecule has 3 saturated heterocycles. The number of aryl methyl sites for hydroxylation is 1. The number of piperidine rings is 1. The third-order valence-electron chi connectivity index (χ3n) is 12.2. The average Bonchev–Trinajstić information content (AvgIpc) is 3.45. The minimum atomic E-state index is -1.01. The number of benzene rings is 1. The van der Waals surface area contributed by atoms with Crippen molar-refractivity contribution in [2.45, 2.75) is 122 Å². The Kier molecular flexibility index (Phi) is 9.58. The fourth-order valence-electron chi connectivity index (χ4n) is 9.19. The summed E-state index contributed by atoms with van der Waals surface area (Å²) in [5, 5.41) is 11.4. The third kappa shape index (κ3) is 7.35. The summed E-state index contributed by atoms with van der Waals surface area (Å²) in [4.78, 5) is 61.9. The summed E-state index contributed by atoms with van der Waals surface area (Å²) in [5.74, 6) is -0.478. The van der Waals surface area contributed by atoms with Crippen LogP contribution in [0.2, 0.25) is 0 Å². The molecule has 2 aromatic rings. The number of rotatable bonds is 7. The van der Waals surface area contributed by atoms with Crippen LogP contribution in [0.3, 0.4) is 0 Å². The van der Waals surface area contributed by atoms with E-state index in [1.165, 1.54) is 43.4 Å². The first kappa shape index (κ1) is 34.7. The first-order valence-electron chi connectivity index (χ1n) is 19.0. The van der Waals surface area contributed by atoms with Crippen molar-refractivity contribution in [1.29, 1.82) is 0 Å². The van der Waals surface area contributed by atoms with E-state index in [9.17, 15) is 19.2 Å². The van der Waals surface area contributed by atoms with E-state index in [4.69, 9.17) is 4.74 Å². The van der Waals surface area contributed by atoms with Gasteiger partial charge in [0.15, 0.2) is 0 Å². The quantitative estimate of drug-likeness (QED) is 0.442. The first-order chi connectivity index (χ1) is 23.9. The van der Waals surface area contributed by atoms with Gasteiger partial charge >= 0.3 is 6.09 Å². The number of nitrogens with zero attached hydrogens (tertiary/aromatic N) is 6. The normalized spacial score (nSPS) is 26.8. The van der Waals surface area contributed by atoms with E-state index < -0.39 is 29.7 Å². The van der Waals surface area contributed by atoms with Crippen molar-refractivity contribution < 1.29 is 23.9 Å². The number of carbonyl (C=O) groups excluding carboxylic acids is 4. The summed E-state index contributed by atoms with van der Waals surface area (Å²) in [6.45, 7) is 7.84. The van der Waals surface area contributed by atoms with E-state index in [0.29, 0.717) is 63.3 Å². The van der Waals surface area contributed by atoms with Gasteiger partial charge in [-0.3, -0.25) is 19.3 Å². The van der Waals surface area contributed by atoms with Crippen LogP contribution in [0.1, 0.15) is 103 Å². The fourth-order valence-corrected chi connectivity index (χ4v) is 9.19. The summed E-state index contributed by atoms with van der Waals surface area (Å²) in [5.41, 5.74) is 2.41. The van der Waals surface area contributed by atoms with E-state index in [0.717, 1.165) is 35.9 Å². The third-order valence-corrected chi connectivity index (χ3v) is 12.2. The smallest absolute Gasteiger partial charge is 0.410 e. The van der Waals surface area contributed by atoms with E-state index in [2.05, 4.69) is 15.6 Å². The lowest BCUT2D eigenvalue weighted by molar-refractivity contribution is -0.151. The van der Waals surface area contributed by atoms with Crippen LogP contribution in [0.5, 0.6) is 0 Å². The second-order valence-corrected chi connectivity index (χ2v) is 16.9. The molecule has 0 bridgehead atoms. The second-order valence-electron chi connectivity index (χ2n) is 16.9. The molecule has 0 unspecified atom stereocenters. The van der Waals surface area contributed by atoms with Crippen LogP contribution in [0, 0.1) is 23.2 Å². The molecule has 0 radical (unpaired) electrons. The zero-order valence-electron chi connectivity index (χ0n) is 30.4. The number of fused-ring (bicyclic) bond motifs is 1. The van der Waals surface area contributed by atoms with Gasteiger partial charge in [0.2, 0.25) is 17.7 Å². The summed E-state index contributed by atoms with van der Waals surface area (Å²) in [6, 6.07) is 4.13. The Bertz CT molecular complexity index is 1600. The highest BCUT2D eigenvalue weighted by Gasteiger charge is 2.51. The predicted molar refractivity (Wildman–Crippen MR) is 187 cm³/mol. The molecular weight excluding hydrogens is 634 g/mol. The van der Waals surface area contributed by atoms with E-state index in [-0.39, 0.29) is 23.6 Å². The van der Waals surface area contributed by atoms with E-state index in [1.807, 2.05) is 50.9 Å². The lowest BCUT2D eigenvalue weighted by atomic mass is 9.76. The second kappa shape index (κ2) is 13.8. The van der Waals surface area contributed by atoms with E-state index in [1.54, 1.807) is 9.58 Å². The average molecular weight is 690 g/mol. The molecule has 4 heterocycles. The van der Waals surface area contributed by atoms with Crippen molar-refractivity contribution in [3.63, 3.8) is 0 Å². The molecule has 2 aliphatic carbocycles. The number of carbonyl (C=O) groups is 4. The van der Waals surface area contributed by atoms with Gasteiger partial charge in [-0.15, -0.1) is 5.10 Å². The Morgan fingerprint density at radius 3 is 2.36 bits per heavy atom. The fraction of sp³-hybridized carbons (Fsp3) is 0.737. The maximum absolute atomic E-state index is 15.0. The number of hydrogen-bond acceptors (Lipinski definition) is 7. The molecule has 272 valence electrons. The molecule has 50 heavy (non-hydrogen) atoms. The maximum atomic E-state index is 15.0. The summed E-state index contributed by atoms with van der Waals surface area (Å²) < 4.78 is 7.52. The largest absolute Gasteiger partial charge is 0.444 e. The monoisotopic (exact) mass is 689 g/mol. The lowest BCUT2D eigenvalue weighted by Crippen LogP contribution is -2.62. The molecule has 1 spiro atoms. The Balaban J connectivity index is 1.13. The van der Waals surface area contributed by atoms with Crippen molar-refractivity contribution in [3.8, 4) is 0 Å². The molecule has 3 aliphatic heterocycles. The van der Waals surface area contributed by atoms with Crippen LogP contribution in [0.4, 0.5) is 4.79 Å². The van der Waals surface area contributed by atoms with Crippen LogP contribution >= 0.6 is 0 Å². The Hall–Kier alpha value is -3.70. The van der Waals surface area contributed by atoms with Crippen molar-refractivity contribution >= 4 is 34.8 Å². The van der Waals surface area contributed by atoms with Gasteiger partial charge in [0.1, 0.15) is 23.2 Å². The highest BCUT2D eigenvalue weighted by atomic mass is 16.6. The number of nitrogens with one attached hydrogen (secondary N) is 1. The predicted octanol–water partition coefficient (Wildman–Crippen LogP) is 4.80. The van der Waals surface area contributed by atoms with Crippen LogP contribution in [0.25, 0.3) is 11.0 Å². The summed E-state index contributed by atoms with van der Waals surface area (Å²) >= 11 is 0. The summed E-state index contributed by atoms with van der Waals surface area (Å²) in [7, 11) is 1.84. The Labute approximate surface area is 295 Å². The molecule has 12 heteroatoms. The van der Waals surface area contributed by atoms with Crippen LogP contribution in [0.15, 0.2) is 18.2 Å². The molecule has 5 fully saturated rings. The zero-order chi connectivity index (χ0) is 35.2. The van der Waals surface area contributed by atoms with Gasteiger partial charge in [-0.25, -0.2) is 9.48 Å². The molecule has 4 atom stereocenters. The van der Waals surface area contributed by atoms with Gasteiger partial charge in [0, 0.05) is 39.8 Å². The van der Waals surface area contributed by atoms with Gasteiger partial charge in [-0.05, 0) is 133 Å². The minimum Gasteiger partial charge on any atom is -0.444 e. The molecule has 4 amide bonds. The molecule has 1 aromatic heterocycles. The molecular formula is C38H55N7O5. The van der Waals surface area contributed by atoms with Gasteiger partial charge < -0.3 is 19.9 Å².